The quantitative estimate of drug-likeness (QED) is 0.739. The second-order valence-electron chi connectivity index (χ2n) is 5.51. The molecule has 1 aromatic heterocycles. The molecule has 0 saturated heterocycles. The molecule has 0 radical (unpaired) electrons. The summed E-state index contributed by atoms with van der Waals surface area (Å²) in [6.45, 7) is 2.34. The molecule has 0 spiro atoms. The maximum Gasteiger partial charge on any atom is 0.0492 e. The van der Waals surface area contributed by atoms with Gasteiger partial charge in [-0.1, -0.05) is 0 Å². The van der Waals surface area contributed by atoms with Crippen LogP contribution in [0.1, 0.15) is 31.4 Å². The minimum Gasteiger partial charge on any atom is -0.316 e. The standard InChI is InChI=1S/C13H21N3/c1-16-12(5-9-15-16)4-8-14-10-13(6-7-13)11-2-3-11/h5,9,11,14H,2-4,6-8,10H2,1H3. The van der Waals surface area contributed by atoms with Crippen molar-refractivity contribution in [3.05, 3.63) is 18.0 Å². The molecule has 0 atom stereocenters. The van der Waals surface area contributed by atoms with E-state index in [0.717, 1.165) is 24.3 Å². The lowest BCUT2D eigenvalue weighted by Gasteiger charge is -2.14. The van der Waals surface area contributed by atoms with E-state index in [1.807, 2.05) is 17.9 Å². The van der Waals surface area contributed by atoms with Gasteiger partial charge in [-0.2, -0.15) is 5.10 Å². The van der Waals surface area contributed by atoms with Crippen LogP contribution in [0.3, 0.4) is 0 Å². The van der Waals surface area contributed by atoms with E-state index in [1.165, 1.54) is 37.9 Å². The van der Waals surface area contributed by atoms with Crippen molar-refractivity contribution >= 4 is 0 Å². The molecular weight excluding hydrogens is 198 g/mol. The van der Waals surface area contributed by atoms with Gasteiger partial charge >= 0.3 is 0 Å². The van der Waals surface area contributed by atoms with Crippen LogP contribution in [0, 0.1) is 11.3 Å². The zero-order chi connectivity index (χ0) is 11.0. The fourth-order valence-electron chi connectivity index (χ4n) is 2.79. The number of aromatic nitrogens is 2. The molecule has 2 aliphatic carbocycles. The first-order chi connectivity index (χ1) is 7.80. The average Bonchev–Trinajstić information content (AvgIpc) is 3.14. The Bertz CT molecular complexity index is 361. The summed E-state index contributed by atoms with van der Waals surface area (Å²) in [6.07, 6.45) is 8.89. The van der Waals surface area contributed by atoms with E-state index >= 15 is 0 Å². The molecule has 16 heavy (non-hydrogen) atoms. The fraction of sp³-hybridized carbons (Fsp3) is 0.769. The second kappa shape index (κ2) is 3.88. The molecule has 88 valence electrons. The third-order valence-corrected chi connectivity index (χ3v) is 4.29. The normalized spacial score (nSPS) is 22.3. The molecule has 2 fully saturated rings. The molecule has 2 saturated carbocycles. The van der Waals surface area contributed by atoms with E-state index < -0.39 is 0 Å². The fourth-order valence-corrected chi connectivity index (χ4v) is 2.79. The Hall–Kier alpha value is -0.830. The van der Waals surface area contributed by atoms with Crippen molar-refractivity contribution in [2.45, 2.75) is 32.1 Å². The second-order valence-corrected chi connectivity index (χ2v) is 5.51. The van der Waals surface area contributed by atoms with E-state index in [9.17, 15) is 0 Å². The Morgan fingerprint density at radius 3 is 2.88 bits per heavy atom. The monoisotopic (exact) mass is 219 g/mol. The van der Waals surface area contributed by atoms with E-state index in [0.29, 0.717) is 0 Å². The predicted octanol–water partition coefficient (Wildman–Crippen LogP) is 1.74. The van der Waals surface area contributed by atoms with E-state index in [2.05, 4.69) is 16.5 Å². The van der Waals surface area contributed by atoms with Gasteiger partial charge in [-0.25, -0.2) is 0 Å². The van der Waals surface area contributed by atoms with Gasteiger partial charge < -0.3 is 5.32 Å². The molecule has 0 aromatic carbocycles. The topological polar surface area (TPSA) is 29.9 Å². The third kappa shape index (κ3) is 2.01. The van der Waals surface area contributed by atoms with Crippen molar-refractivity contribution in [1.82, 2.24) is 15.1 Å². The molecule has 3 nitrogen and oxygen atoms in total. The summed E-state index contributed by atoms with van der Waals surface area (Å²) in [6, 6.07) is 2.11. The Balaban J connectivity index is 1.39. The summed E-state index contributed by atoms with van der Waals surface area (Å²) in [5, 5.41) is 7.82. The number of nitrogens with one attached hydrogen (secondary N) is 1. The van der Waals surface area contributed by atoms with Gasteiger partial charge in [0, 0.05) is 38.4 Å². The molecule has 3 heteroatoms. The number of aryl methyl sites for hydroxylation is 1. The SMILES string of the molecule is Cn1nccc1CCNCC1(C2CC2)CC1. The smallest absolute Gasteiger partial charge is 0.0492 e. The van der Waals surface area contributed by atoms with Crippen LogP contribution in [0.5, 0.6) is 0 Å². The van der Waals surface area contributed by atoms with Gasteiger partial charge in [0.15, 0.2) is 0 Å². The van der Waals surface area contributed by atoms with Crippen LogP contribution in [-0.2, 0) is 13.5 Å². The Morgan fingerprint density at radius 1 is 1.50 bits per heavy atom. The molecule has 1 heterocycles. The lowest BCUT2D eigenvalue weighted by atomic mass is 10.0. The molecule has 3 rings (SSSR count). The molecular formula is C13H21N3. The van der Waals surface area contributed by atoms with E-state index in [4.69, 9.17) is 0 Å². The maximum absolute atomic E-state index is 4.18. The highest BCUT2D eigenvalue weighted by molar-refractivity contribution is 5.05. The van der Waals surface area contributed by atoms with Crippen molar-refractivity contribution in [3.63, 3.8) is 0 Å². The van der Waals surface area contributed by atoms with Gasteiger partial charge in [0.05, 0.1) is 0 Å². The van der Waals surface area contributed by atoms with Crippen molar-refractivity contribution in [3.8, 4) is 0 Å². The maximum atomic E-state index is 4.18. The van der Waals surface area contributed by atoms with E-state index in [-0.39, 0.29) is 0 Å². The van der Waals surface area contributed by atoms with Crippen molar-refractivity contribution < 1.29 is 0 Å². The van der Waals surface area contributed by atoms with Crippen LogP contribution in [0.25, 0.3) is 0 Å². The molecule has 2 aliphatic rings. The summed E-state index contributed by atoms with van der Waals surface area (Å²) in [4.78, 5) is 0. The first-order valence-corrected chi connectivity index (χ1v) is 6.48. The van der Waals surface area contributed by atoms with Crippen LogP contribution in [-0.4, -0.2) is 22.9 Å². The first-order valence-electron chi connectivity index (χ1n) is 6.48. The van der Waals surface area contributed by atoms with Gasteiger partial charge in [-0.05, 0) is 43.1 Å². The molecule has 0 bridgehead atoms. The molecule has 1 N–H and O–H groups in total. The van der Waals surface area contributed by atoms with Gasteiger partial charge in [0.1, 0.15) is 0 Å². The van der Waals surface area contributed by atoms with Crippen LogP contribution in [0.15, 0.2) is 12.3 Å². The lowest BCUT2D eigenvalue weighted by Crippen LogP contribution is -2.27. The Kier molecular flexibility index (Phi) is 2.51. The Labute approximate surface area is 97.2 Å². The number of rotatable bonds is 6. The van der Waals surface area contributed by atoms with E-state index in [1.54, 1.807) is 0 Å². The highest BCUT2D eigenvalue weighted by Crippen LogP contribution is 2.60. The minimum atomic E-state index is 0.729. The van der Waals surface area contributed by atoms with Crippen molar-refractivity contribution in [1.29, 1.82) is 0 Å². The third-order valence-electron chi connectivity index (χ3n) is 4.29. The largest absolute Gasteiger partial charge is 0.316 e. The molecule has 0 aliphatic heterocycles. The number of nitrogens with zero attached hydrogens (tertiary/aromatic N) is 2. The highest BCUT2D eigenvalue weighted by Gasteiger charge is 2.52. The highest BCUT2D eigenvalue weighted by atomic mass is 15.3. The summed E-state index contributed by atoms with van der Waals surface area (Å²) in [7, 11) is 2.02. The molecule has 1 aromatic rings. The number of hydrogen-bond donors (Lipinski definition) is 1. The van der Waals surface area contributed by atoms with Gasteiger partial charge in [-0.3, -0.25) is 4.68 Å². The number of hydrogen-bond acceptors (Lipinski definition) is 2. The Morgan fingerprint density at radius 2 is 2.31 bits per heavy atom. The minimum absolute atomic E-state index is 0.729. The van der Waals surface area contributed by atoms with Gasteiger partial charge in [0.2, 0.25) is 0 Å². The summed E-state index contributed by atoms with van der Waals surface area (Å²) in [5.74, 6) is 1.07. The van der Waals surface area contributed by atoms with Crippen LogP contribution in [0.4, 0.5) is 0 Å². The van der Waals surface area contributed by atoms with Gasteiger partial charge in [-0.15, -0.1) is 0 Å². The summed E-state index contributed by atoms with van der Waals surface area (Å²) >= 11 is 0. The zero-order valence-electron chi connectivity index (χ0n) is 10.1. The van der Waals surface area contributed by atoms with Crippen LogP contribution >= 0.6 is 0 Å². The van der Waals surface area contributed by atoms with Crippen LogP contribution in [0.2, 0.25) is 0 Å². The van der Waals surface area contributed by atoms with Crippen molar-refractivity contribution in [2.75, 3.05) is 13.1 Å². The first kappa shape index (κ1) is 10.3. The molecule has 0 amide bonds. The van der Waals surface area contributed by atoms with Crippen LogP contribution < -0.4 is 5.32 Å². The average molecular weight is 219 g/mol. The summed E-state index contributed by atoms with van der Waals surface area (Å²) < 4.78 is 1.97. The predicted molar refractivity (Wildman–Crippen MR) is 64.2 cm³/mol. The van der Waals surface area contributed by atoms with Gasteiger partial charge in [0.25, 0.3) is 0 Å². The summed E-state index contributed by atoms with van der Waals surface area (Å²) in [5.41, 5.74) is 2.05. The lowest BCUT2D eigenvalue weighted by molar-refractivity contribution is 0.405. The molecule has 0 unspecified atom stereocenters. The zero-order valence-corrected chi connectivity index (χ0v) is 10.1. The van der Waals surface area contributed by atoms with Crippen molar-refractivity contribution in [2.24, 2.45) is 18.4 Å².